The second kappa shape index (κ2) is 5.54. The molecule has 0 aromatic heterocycles. The minimum Gasteiger partial charge on any atom is -0.458 e. The minimum atomic E-state index is -0.148. The molecule has 82 valence electrons. The lowest BCUT2D eigenvalue weighted by molar-refractivity contribution is -0.148. The molecule has 1 unspecified atom stereocenters. The van der Waals surface area contributed by atoms with Crippen molar-refractivity contribution in [1.82, 2.24) is 0 Å². The highest BCUT2D eigenvalue weighted by Crippen LogP contribution is 2.17. The molecule has 1 aromatic carbocycles. The molecule has 0 N–H and O–H groups in total. The maximum absolute atomic E-state index is 11.3. The van der Waals surface area contributed by atoms with Crippen molar-refractivity contribution in [3.63, 3.8) is 0 Å². The Morgan fingerprint density at radius 1 is 1.33 bits per heavy atom. The van der Waals surface area contributed by atoms with Gasteiger partial charge in [0.2, 0.25) is 0 Å². The van der Waals surface area contributed by atoms with E-state index >= 15 is 0 Å². The zero-order valence-corrected chi connectivity index (χ0v) is 9.62. The van der Waals surface area contributed by atoms with E-state index < -0.39 is 0 Å². The maximum atomic E-state index is 11.3. The van der Waals surface area contributed by atoms with Gasteiger partial charge >= 0.3 is 5.97 Å². The van der Waals surface area contributed by atoms with E-state index in [9.17, 15) is 4.79 Å². The van der Waals surface area contributed by atoms with Crippen LogP contribution in [-0.4, -0.2) is 5.97 Å². The quantitative estimate of drug-likeness (QED) is 0.706. The molecule has 0 bridgehead atoms. The van der Waals surface area contributed by atoms with Gasteiger partial charge in [0, 0.05) is 6.42 Å². The molecular weight excluding hydrogens is 188 g/mol. The number of hydrogen-bond donors (Lipinski definition) is 0. The summed E-state index contributed by atoms with van der Waals surface area (Å²) in [4.78, 5) is 11.3. The first-order valence-corrected chi connectivity index (χ1v) is 5.39. The fraction of sp³-hybridized carbons (Fsp3) is 0.462. The zero-order chi connectivity index (χ0) is 11.3. The van der Waals surface area contributed by atoms with Crippen LogP contribution in [0.2, 0.25) is 0 Å². The first-order valence-electron chi connectivity index (χ1n) is 5.39. The molecule has 1 rings (SSSR count). The SMILES string of the molecule is CCCC(=O)OC(C)c1ccc(C)cc1. The molecule has 0 aliphatic carbocycles. The van der Waals surface area contributed by atoms with E-state index in [0.29, 0.717) is 6.42 Å². The lowest BCUT2D eigenvalue weighted by Gasteiger charge is -2.13. The highest BCUT2D eigenvalue weighted by Gasteiger charge is 2.10. The molecule has 15 heavy (non-hydrogen) atoms. The highest BCUT2D eigenvalue weighted by molar-refractivity contribution is 5.69. The van der Waals surface area contributed by atoms with Crippen molar-refractivity contribution < 1.29 is 9.53 Å². The molecular formula is C13H18O2. The Hall–Kier alpha value is -1.31. The van der Waals surface area contributed by atoms with Crippen LogP contribution in [0.5, 0.6) is 0 Å². The van der Waals surface area contributed by atoms with Crippen LogP contribution < -0.4 is 0 Å². The Kier molecular flexibility index (Phi) is 4.35. The standard InChI is InChI=1S/C13H18O2/c1-4-5-13(14)15-11(3)12-8-6-10(2)7-9-12/h6-9,11H,4-5H2,1-3H3. The Morgan fingerprint density at radius 3 is 2.47 bits per heavy atom. The van der Waals surface area contributed by atoms with Crippen molar-refractivity contribution in [2.75, 3.05) is 0 Å². The second-order valence-electron chi connectivity index (χ2n) is 3.79. The number of carbonyl (C=O) groups excluding carboxylic acids is 1. The fourth-order valence-electron chi connectivity index (χ4n) is 1.37. The monoisotopic (exact) mass is 206 g/mol. The Balaban J connectivity index is 2.57. The molecule has 0 saturated carbocycles. The van der Waals surface area contributed by atoms with Gasteiger partial charge in [-0.05, 0) is 25.8 Å². The second-order valence-corrected chi connectivity index (χ2v) is 3.79. The van der Waals surface area contributed by atoms with Gasteiger partial charge in [-0.25, -0.2) is 0 Å². The molecule has 0 radical (unpaired) electrons. The predicted molar refractivity (Wildman–Crippen MR) is 60.6 cm³/mol. The van der Waals surface area contributed by atoms with Crippen LogP contribution in [0.15, 0.2) is 24.3 Å². The summed E-state index contributed by atoms with van der Waals surface area (Å²) >= 11 is 0. The molecule has 0 heterocycles. The van der Waals surface area contributed by atoms with Crippen molar-refractivity contribution in [3.8, 4) is 0 Å². The molecule has 0 amide bonds. The van der Waals surface area contributed by atoms with Crippen LogP contribution in [0.1, 0.15) is 43.9 Å². The summed E-state index contributed by atoms with van der Waals surface area (Å²) in [6, 6.07) is 8.05. The summed E-state index contributed by atoms with van der Waals surface area (Å²) in [7, 11) is 0. The van der Waals surface area contributed by atoms with Gasteiger partial charge in [-0.15, -0.1) is 0 Å². The summed E-state index contributed by atoms with van der Waals surface area (Å²) in [6.07, 6.45) is 1.18. The normalized spacial score (nSPS) is 12.2. The van der Waals surface area contributed by atoms with Crippen molar-refractivity contribution in [2.24, 2.45) is 0 Å². The third kappa shape index (κ3) is 3.74. The topological polar surface area (TPSA) is 26.3 Å². The molecule has 2 nitrogen and oxygen atoms in total. The maximum Gasteiger partial charge on any atom is 0.306 e. The fourth-order valence-corrected chi connectivity index (χ4v) is 1.37. The van der Waals surface area contributed by atoms with E-state index in [2.05, 4.69) is 0 Å². The van der Waals surface area contributed by atoms with Crippen LogP contribution in [0, 0.1) is 6.92 Å². The van der Waals surface area contributed by atoms with Crippen molar-refractivity contribution in [2.45, 2.75) is 39.7 Å². The van der Waals surface area contributed by atoms with Crippen LogP contribution in [-0.2, 0) is 9.53 Å². The molecule has 0 aliphatic rings. The zero-order valence-electron chi connectivity index (χ0n) is 9.62. The molecule has 0 aliphatic heterocycles. The van der Waals surface area contributed by atoms with Gasteiger partial charge in [-0.2, -0.15) is 0 Å². The summed E-state index contributed by atoms with van der Waals surface area (Å²) < 4.78 is 5.28. The van der Waals surface area contributed by atoms with Crippen molar-refractivity contribution in [1.29, 1.82) is 0 Å². The van der Waals surface area contributed by atoms with Gasteiger partial charge in [-0.3, -0.25) is 4.79 Å². The highest BCUT2D eigenvalue weighted by atomic mass is 16.5. The number of rotatable bonds is 4. The van der Waals surface area contributed by atoms with Crippen molar-refractivity contribution >= 4 is 5.97 Å². The number of ether oxygens (including phenoxy) is 1. The van der Waals surface area contributed by atoms with Gasteiger partial charge < -0.3 is 4.74 Å². The van der Waals surface area contributed by atoms with Crippen LogP contribution in [0.4, 0.5) is 0 Å². The molecule has 0 fully saturated rings. The third-order valence-corrected chi connectivity index (χ3v) is 2.31. The number of esters is 1. The molecule has 2 heteroatoms. The van der Waals surface area contributed by atoms with Gasteiger partial charge in [0.15, 0.2) is 0 Å². The smallest absolute Gasteiger partial charge is 0.306 e. The third-order valence-electron chi connectivity index (χ3n) is 2.31. The van der Waals surface area contributed by atoms with E-state index in [0.717, 1.165) is 12.0 Å². The minimum absolute atomic E-state index is 0.120. The largest absolute Gasteiger partial charge is 0.458 e. The first kappa shape index (κ1) is 11.8. The summed E-state index contributed by atoms with van der Waals surface area (Å²) in [5.41, 5.74) is 2.26. The summed E-state index contributed by atoms with van der Waals surface area (Å²) in [5.74, 6) is -0.120. The van der Waals surface area contributed by atoms with E-state index in [-0.39, 0.29) is 12.1 Å². The Labute approximate surface area is 91.3 Å². The van der Waals surface area contributed by atoms with Gasteiger partial charge in [0.05, 0.1) is 0 Å². The number of aryl methyl sites for hydroxylation is 1. The summed E-state index contributed by atoms with van der Waals surface area (Å²) in [6.45, 7) is 5.91. The van der Waals surface area contributed by atoms with Gasteiger partial charge in [-0.1, -0.05) is 36.8 Å². The van der Waals surface area contributed by atoms with Crippen LogP contribution in [0.25, 0.3) is 0 Å². The predicted octanol–water partition coefficient (Wildman–Crippen LogP) is 3.40. The molecule has 1 aromatic rings. The average Bonchev–Trinajstić information content (AvgIpc) is 2.18. The number of benzene rings is 1. The van der Waals surface area contributed by atoms with Gasteiger partial charge in [0.25, 0.3) is 0 Å². The number of carbonyl (C=O) groups is 1. The average molecular weight is 206 g/mol. The van der Waals surface area contributed by atoms with E-state index in [1.807, 2.05) is 45.0 Å². The van der Waals surface area contributed by atoms with Crippen LogP contribution >= 0.6 is 0 Å². The number of hydrogen-bond acceptors (Lipinski definition) is 2. The van der Waals surface area contributed by atoms with Crippen molar-refractivity contribution in [3.05, 3.63) is 35.4 Å². The Bertz CT molecular complexity index is 314. The van der Waals surface area contributed by atoms with E-state index in [1.54, 1.807) is 0 Å². The summed E-state index contributed by atoms with van der Waals surface area (Å²) in [5, 5.41) is 0. The van der Waals surface area contributed by atoms with Crippen LogP contribution in [0.3, 0.4) is 0 Å². The molecule has 1 atom stereocenters. The molecule has 0 spiro atoms. The van der Waals surface area contributed by atoms with E-state index in [1.165, 1.54) is 5.56 Å². The Morgan fingerprint density at radius 2 is 1.93 bits per heavy atom. The lowest BCUT2D eigenvalue weighted by Crippen LogP contribution is -2.08. The lowest BCUT2D eigenvalue weighted by atomic mass is 10.1. The van der Waals surface area contributed by atoms with Gasteiger partial charge in [0.1, 0.15) is 6.10 Å². The first-order chi connectivity index (χ1) is 7.13. The van der Waals surface area contributed by atoms with E-state index in [4.69, 9.17) is 4.74 Å². The molecule has 0 saturated heterocycles.